The number of aromatic nitrogens is 3. The predicted molar refractivity (Wildman–Crippen MR) is 251 cm³/mol. The highest BCUT2D eigenvalue weighted by atomic mass is 16.3. The second-order valence-electron chi connectivity index (χ2n) is 15.2. The number of rotatable bonds is 8. The maximum Gasteiger partial charge on any atom is 0.164 e. The standard InChI is InChI=1S/C57H37N3O/c1-4-14-38(15-5-1)41-28-30-42(31-29-41)45-22-12-25-48(36-45)56-58-55(47-24-11-21-44(35-47)40-18-8-3-9-19-40)59-57(60-56)49-32-33-51-53(37-49)61-52-27-13-26-50(54(51)52)46-23-10-20-43(34-46)39-16-6-2-7-17-39/h1-37H. The second kappa shape index (κ2) is 15.5. The molecule has 61 heavy (non-hydrogen) atoms. The minimum Gasteiger partial charge on any atom is -0.456 e. The largest absolute Gasteiger partial charge is 0.456 e. The third-order valence-corrected chi connectivity index (χ3v) is 11.3. The van der Waals surface area contributed by atoms with E-state index in [9.17, 15) is 0 Å². The number of benzene rings is 9. The predicted octanol–water partition coefficient (Wildman–Crippen LogP) is 15.1. The van der Waals surface area contributed by atoms with Crippen molar-refractivity contribution < 1.29 is 4.42 Å². The van der Waals surface area contributed by atoms with E-state index in [-0.39, 0.29) is 0 Å². The summed E-state index contributed by atoms with van der Waals surface area (Å²) in [6, 6.07) is 78.2. The summed E-state index contributed by atoms with van der Waals surface area (Å²) in [5, 5.41) is 2.12. The van der Waals surface area contributed by atoms with Crippen LogP contribution in [0.1, 0.15) is 0 Å². The molecule has 0 N–H and O–H groups in total. The fourth-order valence-corrected chi connectivity index (χ4v) is 8.26. The Hall–Kier alpha value is -8.21. The summed E-state index contributed by atoms with van der Waals surface area (Å²) in [7, 11) is 0. The maximum atomic E-state index is 6.62. The molecule has 11 aromatic rings. The van der Waals surface area contributed by atoms with Gasteiger partial charge in [-0.3, -0.25) is 0 Å². The highest BCUT2D eigenvalue weighted by Crippen LogP contribution is 2.39. The number of nitrogens with zero attached hydrogens (tertiary/aromatic N) is 3. The topological polar surface area (TPSA) is 51.8 Å². The summed E-state index contributed by atoms with van der Waals surface area (Å²) in [5.74, 6) is 1.76. The van der Waals surface area contributed by atoms with Gasteiger partial charge in [-0.15, -0.1) is 0 Å². The van der Waals surface area contributed by atoms with Gasteiger partial charge in [0.25, 0.3) is 0 Å². The van der Waals surface area contributed by atoms with Gasteiger partial charge in [0.15, 0.2) is 17.5 Å². The first-order chi connectivity index (χ1) is 30.2. The minimum absolute atomic E-state index is 0.570. The van der Waals surface area contributed by atoms with Crippen LogP contribution in [0, 0.1) is 0 Å². The first-order valence-corrected chi connectivity index (χ1v) is 20.5. The van der Waals surface area contributed by atoms with Crippen LogP contribution in [0.3, 0.4) is 0 Å². The average Bonchev–Trinajstić information content (AvgIpc) is 3.73. The van der Waals surface area contributed by atoms with Gasteiger partial charge in [-0.05, 0) is 92.0 Å². The van der Waals surface area contributed by atoms with Crippen molar-refractivity contribution in [3.05, 3.63) is 224 Å². The van der Waals surface area contributed by atoms with Crippen molar-refractivity contribution in [2.24, 2.45) is 0 Å². The SMILES string of the molecule is c1ccc(-c2ccc(-c3cccc(-c4nc(-c5cccc(-c6ccccc6)c5)nc(-c5ccc6c(c5)oc5cccc(-c7cccc(-c8ccccc8)c7)c56)n4)c3)cc2)cc1. The van der Waals surface area contributed by atoms with Crippen molar-refractivity contribution in [1.29, 1.82) is 0 Å². The third kappa shape index (κ3) is 7.07. The Bertz CT molecular complexity index is 3340. The maximum absolute atomic E-state index is 6.62. The van der Waals surface area contributed by atoms with E-state index >= 15 is 0 Å². The van der Waals surface area contributed by atoms with Gasteiger partial charge in [0.05, 0.1) is 0 Å². The molecule has 11 rings (SSSR count). The van der Waals surface area contributed by atoms with Crippen LogP contribution in [0.5, 0.6) is 0 Å². The van der Waals surface area contributed by atoms with E-state index in [1.165, 1.54) is 22.3 Å². The molecule has 0 spiro atoms. The molecule has 286 valence electrons. The molecule has 4 heteroatoms. The molecule has 0 radical (unpaired) electrons. The lowest BCUT2D eigenvalue weighted by Crippen LogP contribution is -2.00. The van der Waals surface area contributed by atoms with Crippen LogP contribution in [0.15, 0.2) is 229 Å². The van der Waals surface area contributed by atoms with Crippen LogP contribution in [0.25, 0.3) is 112 Å². The minimum atomic E-state index is 0.570. The number of fused-ring (bicyclic) bond motifs is 3. The van der Waals surface area contributed by atoms with Gasteiger partial charge in [0, 0.05) is 27.5 Å². The van der Waals surface area contributed by atoms with Gasteiger partial charge in [0.1, 0.15) is 11.2 Å². The molecule has 0 saturated heterocycles. The highest BCUT2D eigenvalue weighted by molar-refractivity contribution is 6.13. The smallest absolute Gasteiger partial charge is 0.164 e. The molecule has 0 bridgehead atoms. The van der Waals surface area contributed by atoms with Crippen LogP contribution in [0.2, 0.25) is 0 Å². The van der Waals surface area contributed by atoms with Crippen LogP contribution >= 0.6 is 0 Å². The average molecular weight is 780 g/mol. The van der Waals surface area contributed by atoms with E-state index in [1.54, 1.807) is 0 Å². The Kier molecular flexibility index (Phi) is 9.14. The lowest BCUT2D eigenvalue weighted by atomic mass is 9.96. The van der Waals surface area contributed by atoms with Gasteiger partial charge in [-0.2, -0.15) is 0 Å². The van der Waals surface area contributed by atoms with Crippen molar-refractivity contribution in [3.8, 4) is 89.8 Å². The molecule has 0 aliphatic rings. The van der Waals surface area contributed by atoms with Gasteiger partial charge >= 0.3 is 0 Å². The molecule has 9 aromatic carbocycles. The Morgan fingerprint density at radius 1 is 0.246 bits per heavy atom. The molecule has 0 atom stereocenters. The number of hydrogen-bond donors (Lipinski definition) is 0. The molecule has 0 amide bonds. The van der Waals surface area contributed by atoms with Crippen molar-refractivity contribution >= 4 is 21.9 Å². The van der Waals surface area contributed by atoms with Crippen molar-refractivity contribution in [3.63, 3.8) is 0 Å². The summed E-state index contributed by atoms with van der Waals surface area (Å²) >= 11 is 0. The number of furan rings is 1. The van der Waals surface area contributed by atoms with E-state index in [0.717, 1.165) is 72.0 Å². The zero-order valence-corrected chi connectivity index (χ0v) is 33.1. The molecule has 4 nitrogen and oxygen atoms in total. The van der Waals surface area contributed by atoms with Crippen molar-refractivity contribution in [2.45, 2.75) is 0 Å². The van der Waals surface area contributed by atoms with Gasteiger partial charge in [-0.25, -0.2) is 15.0 Å². The zero-order valence-electron chi connectivity index (χ0n) is 33.1. The Balaban J connectivity index is 1.02. The van der Waals surface area contributed by atoms with Crippen LogP contribution in [-0.2, 0) is 0 Å². The molecule has 2 aromatic heterocycles. The quantitative estimate of drug-likeness (QED) is 0.154. The molecule has 0 aliphatic heterocycles. The molecule has 0 saturated carbocycles. The molecule has 0 fully saturated rings. The molecular formula is C57H37N3O. The monoisotopic (exact) mass is 779 g/mol. The highest BCUT2D eigenvalue weighted by Gasteiger charge is 2.18. The molecule has 2 heterocycles. The fraction of sp³-hybridized carbons (Fsp3) is 0. The normalized spacial score (nSPS) is 11.3. The van der Waals surface area contributed by atoms with E-state index in [1.807, 2.05) is 24.3 Å². The molecule has 0 unspecified atom stereocenters. The Morgan fingerprint density at radius 2 is 0.607 bits per heavy atom. The van der Waals surface area contributed by atoms with Gasteiger partial charge < -0.3 is 4.42 Å². The molecular weight excluding hydrogens is 743 g/mol. The third-order valence-electron chi connectivity index (χ3n) is 11.3. The first kappa shape index (κ1) is 35.9. The lowest BCUT2D eigenvalue weighted by molar-refractivity contribution is 0.669. The van der Waals surface area contributed by atoms with E-state index in [2.05, 4.69) is 200 Å². The van der Waals surface area contributed by atoms with Crippen LogP contribution in [0.4, 0.5) is 0 Å². The summed E-state index contributed by atoms with van der Waals surface area (Å²) in [6.45, 7) is 0. The summed E-state index contributed by atoms with van der Waals surface area (Å²) in [4.78, 5) is 15.5. The van der Waals surface area contributed by atoms with Crippen LogP contribution in [-0.4, -0.2) is 15.0 Å². The Morgan fingerprint density at radius 3 is 1.13 bits per heavy atom. The van der Waals surface area contributed by atoms with Gasteiger partial charge in [-0.1, -0.05) is 188 Å². The molecule has 0 aliphatic carbocycles. The fourth-order valence-electron chi connectivity index (χ4n) is 8.26. The van der Waals surface area contributed by atoms with Crippen molar-refractivity contribution in [1.82, 2.24) is 15.0 Å². The number of hydrogen-bond acceptors (Lipinski definition) is 4. The second-order valence-corrected chi connectivity index (χ2v) is 15.2. The van der Waals surface area contributed by atoms with E-state index in [4.69, 9.17) is 19.4 Å². The summed E-state index contributed by atoms with van der Waals surface area (Å²) in [5.41, 5.74) is 15.7. The van der Waals surface area contributed by atoms with E-state index < -0.39 is 0 Å². The van der Waals surface area contributed by atoms with E-state index in [0.29, 0.717) is 17.5 Å². The first-order valence-electron chi connectivity index (χ1n) is 20.5. The summed E-state index contributed by atoms with van der Waals surface area (Å²) in [6.07, 6.45) is 0. The zero-order chi connectivity index (χ0) is 40.5. The lowest BCUT2D eigenvalue weighted by Gasteiger charge is -2.11. The Labute approximate surface area is 354 Å². The van der Waals surface area contributed by atoms with Gasteiger partial charge in [0.2, 0.25) is 0 Å². The summed E-state index contributed by atoms with van der Waals surface area (Å²) < 4.78 is 6.62. The van der Waals surface area contributed by atoms with Crippen LogP contribution < -0.4 is 0 Å². The van der Waals surface area contributed by atoms with Crippen molar-refractivity contribution in [2.75, 3.05) is 0 Å².